The average molecular weight is 382 g/mol. The van der Waals surface area contributed by atoms with Gasteiger partial charge in [-0.1, -0.05) is 25.1 Å². The first-order valence-electron chi connectivity index (χ1n) is 9.44. The highest BCUT2D eigenvalue weighted by molar-refractivity contribution is 5.99. The van der Waals surface area contributed by atoms with Gasteiger partial charge < -0.3 is 15.4 Å². The second-order valence-corrected chi connectivity index (χ2v) is 6.22. The summed E-state index contributed by atoms with van der Waals surface area (Å²) in [4.78, 5) is 36.1. The molecule has 0 aliphatic rings. The molecule has 0 bridgehead atoms. The Hall–Kier alpha value is -3.15. The van der Waals surface area contributed by atoms with E-state index in [0.29, 0.717) is 17.9 Å². The van der Waals surface area contributed by atoms with Crippen LogP contribution < -0.4 is 15.4 Å². The van der Waals surface area contributed by atoms with Crippen LogP contribution in [0.25, 0.3) is 0 Å². The molecule has 2 N–H and O–H groups in total. The molecule has 148 valence electrons. The largest absolute Gasteiger partial charge is 0.494 e. The minimum atomic E-state index is -0.335. The van der Waals surface area contributed by atoms with E-state index in [0.717, 1.165) is 17.7 Å². The molecule has 0 radical (unpaired) electrons. The van der Waals surface area contributed by atoms with Gasteiger partial charge in [-0.25, -0.2) is 0 Å². The summed E-state index contributed by atoms with van der Waals surface area (Å²) in [6.07, 6.45) is 0.918. The number of Topliss-reactive ketones (excluding diaryl/α,β-unsaturated/α-hetero) is 1. The van der Waals surface area contributed by atoms with Gasteiger partial charge in [-0.05, 0) is 49.2 Å². The van der Waals surface area contributed by atoms with Gasteiger partial charge in [0.1, 0.15) is 5.75 Å². The van der Waals surface area contributed by atoms with Crippen molar-refractivity contribution in [1.29, 1.82) is 0 Å². The Morgan fingerprint density at radius 1 is 0.893 bits per heavy atom. The van der Waals surface area contributed by atoms with Crippen molar-refractivity contribution in [3.05, 3.63) is 59.7 Å². The fourth-order valence-electron chi connectivity index (χ4n) is 2.69. The SMILES string of the molecule is CCOc1ccc(C(=O)CCC(=O)NCC(=O)Nc2ccccc2CC)cc1. The number of ketones is 1. The molecule has 0 heterocycles. The smallest absolute Gasteiger partial charge is 0.243 e. The van der Waals surface area contributed by atoms with Crippen molar-refractivity contribution >= 4 is 23.3 Å². The molecule has 0 unspecified atom stereocenters. The number of benzene rings is 2. The van der Waals surface area contributed by atoms with Crippen LogP contribution in [0, 0.1) is 0 Å². The van der Waals surface area contributed by atoms with Crippen LogP contribution in [0.3, 0.4) is 0 Å². The van der Waals surface area contributed by atoms with Crippen molar-refractivity contribution in [2.45, 2.75) is 33.1 Å². The summed E-state index contributed by atoms with van der Waals surface area (Å²) in [5.41, 5.74) is 2.31. The Bertz CT molecular complexity index is 816. The number of carbonyl (C=O) groups is 3. The van der Waals surface area contributed by atoms with E-state index in [1.165, 1.54) is 0 Å². The lowest BCUT2D eigenvalue weighted by Gasteiger charge is -2.10. The Kier molecular flexibility index (Phi) is 8.21. The number of anilines is 1. The second-order valence-electron chi connectivity index (χ2n) is 6.22. The van der Waals surface area contributed by atoms with Crippen LogP contribution >= 0.6 is 0 Å². The molecule has 2 aromatic carbocycles. The van der Waals surface area contributed by atoms with Gasteiger partial charge in [-0.2, -0.15) is 0 Å². The Morgan fingerprint density at radius 3 is 2.29 bits per heavy atom. The third-order valence-electron chi connectivity index (χ3n) is 4.18. The monoisotopic (exact) mass is 382 g/mol. The van der Waals surface area contributed by atoms with E-state index < -0.39 is 0 Å². The van der Waals surface area contributed by atoms with Gasteiger partial charge in [0.05, 0.1) is 13.2 Å². The molecule has 2 aromatic rings. The maximum Gasteiger partial charge on any atom is 0.243 e. The number of hydrogen-bond acceptors (Lipinski definition) is 4. The number of ether oxygens (including phenoxy) is 1. The first-order chi connectivity index (χ1) is 13.5. The molecule has 0 fully saturated rings. The summed E-state index contributed by atoms with van der Waals surface area (Å²) >= 11 is 0. The van der Waals surface area contributed by atoms with Crippen LogP contribution in [0.2, 0.25) is 0 Å². The highest BCUT2D eigenvalue weighted by Gasteiger charge is 2.11. The van der Waals surface area contributed by atoms with Crippen molar-refractivity contribution in [1.82, 2.24) is 5.32 Å². The lowest BCUT2D eigenvalue weighted by Crippen LogP contribution is -2.33. The molecule has 2 rings (SSSR count). The summed E-state index contributed by atoms with van der Waals surface area (Å²) < 4.78 is 5.34. The molecule has 0 saturated heterocycles. The van der Waals surface area contributed by atoms with Crippen molar-refractivity contribution < 1.29 is 19.1 Å². The molecule has 6 nitrogen and oxygen atoms in total. The highest BCUT2D eigenvalue weighted by atomic mass is 16.5. The minimum absolute atomic E-state index is 0.0326. The zero-order valence-electron chi connectivity index (χ0n) is 16.3. The molecule has 6 heteroatoms. The van der Waals surface area contributed by atoms with Crippen LogP contribution in [0.5, 0.6) is 5.75 Å². The predicted octanol–water partition coefficient (Wildman–Crippen LogP) is 3.37. The predicted molar refractivity (Wildman–Crippen MR) is 109 cm³/mol. The normalized spacial score (nSPS) is 10.2. The third kappa shape index (κ3) is 6.54. The van der Waals surface area contributed by atoms with Crippen LogP contribution in [0.15, 0.2) is 48.5 Å². The minimum Gasteiger partial charge on any atom is -0.494 e. The van der Waals surface area contributed by atoms with Gasteiger partial charge in [0.2, 0.25) is 11.8 Å². The molecule has 0 aliphatic carbocycles. The average Bonchev–Trinajstić information content (AvgIpc) is 2.71. The van der Waals surface area contributed by atoms with Crippen molar-refractivity contribution in [2.75, 3.05) is 18.5 Å². The van der Waals surface area contributed by atoms with Gasteiger partial charge in [0.15, 0.2) is 5.78 Å². The number of amides is 2. The van der Waals surface area contributed by atoms with Crippen LogP contribution in [0.1, 0.15) is 42.6 Å². The van der Waals surface area contributed by atoms with E-state index in [2.05, 4.69) is 10.6 Å². The molecular formula is C22H26N2O4. The number of hydrogen-bond donors (Lipinski definition) is 2. The highest BCUT2D eigenvalue weighted by Crippen LogP contribution is 2.15. The van der Waals surface area contributed by atoms with Gasteiger partial charge >= 0.3 is 0 Å². The first-order valence-corrected chi connectivity index (χ1v) is 9.44. The number of aryl methyl sites for hydroxylation is 1. The van der Waals surface area contributed by atoms with Crippen LogP contribution in [-0.4, -0.2) is 30.7 Å². The number of carbonyl (C=O) groups excluding carboxylic acids is 3. The zero-order valence-corrected chi connectivity index (χ0v) is 16.3. The lowest BCUT2D eigenvalue weighted by atomic mass is 10.1. The maximum atomic E-state index is 12.2. The topological polar surface area (TPSA) is 84.5 Å². The van der Waals surface area contributed by atoms with E-state index in [1.54, 1.807) is 24.3 Å². The van der Waals surface area contributed by atoms with Gasteiger partial charge in [0, 0.05) is 24.1 Å². The number of para-hydroxylation sites is 1. The number of rotatable bonds is 10. The van der Waals surface area contributed by atoms with Crippen molar-refractivity contribution in [2.24, 2.45) is 0 Å². The van der Waals surface area contributed by atoms with E-state index in [9.17, 15) is 14.4 Å². The van der Waals surface area contributed by atoms with E-state index >= 15 is 0 Å². The van der Waals surface area contributed by atoms with Gasteiger partial charge in [-0.15, -0.1) is 0 Å². The van der Waals surface area contributed by atoms with Gasteiger partial charge in [0.25, 0.3) is 0 Å². The summed E-state index contributed by atoms with van der Waals surface area (Å²) in [6, 6.07) is 14.4. The third-order valence-corrected chi connectivity index (χ3v) is 4.18. The van der Waals surface area contributed by atoms with E-state index in [-0.39, 0.29) is 37.0 Å². The molecule has 0 atom stereocenters. The van der Waals surface area contributed by atoms with Crippen LogP contribution in [-0.2, 0) is 16.0 Å². The van der Waals surface area contributed by atoms with E-state index in [1.807, 2.05) is 38.1 Å². The molecule has 28 heavy (non-hydrogen) atoms. The molecule has 0 spiro atoms. The quantitative estimate of drug-likeness (QED) is 0.617. The molecule has 0 saturated carbocycles. The fourth-order valence-corrected chi connectivity index (χ4v) is 2.69. The van der Waals surface area contributed by atoms with Crippen molar-refractivity contribution in [3.63, 3.8) is 0 Å². The second kappa shape index (κ2) is 10.9. The summed E-state index contributed by atoms with van der Waals surface area (Å²) in [6.45, 7) is 4.33. The summed E-state index contributed by atoms with van der Waals surface area (Å²) in [7, 11) is 0. The Morgan fingerprint density at radius 2 is 1.61 bits per heavy atom. The fraction of sp³-hybridized carbons (Fsp3) is 0.318. The lowest BCUT2D eigenvalue weighted by molar-refractivity contribution is -0.124. The summed E-state index contributed by atoms with van der Waals surface area (Å²) in [5.74, 6) is -0.0581. The zero-order chi connectivity index (χ0) is 20.4. The summed E-state index contributed by atoms with van der Waals surface area (Å²) in [5, 5.41) is 5.34. The Balaban J connectivity index is 1.74. The molecular weight excluding hydrogens is 356 g/mol. The van der Waals surface area contributed by atoms with Gasteiger partial charge in [-0.3, -0.25) is 14.4 Å². The van der Waals surface area contributed by atoms with Crippen LogP contribution in [0.4, 0.5) is 5.69 Å². The van der Waals surface area contributed by atoms with Crippen molar-refractivity contribution in [3.8, 4) is 5.75 Å². The maximum absolute atomic E-state index is 12.2. The molecule has 0 aromatic heterocycles. The molecule has 2 amide bonds. The first kappa shape index (κ1) is 21.2. The Labute approximate surface area is 165 Å². The standard InChI is InChI=1S/C22H26N2O4/c1-3-16-7-5-6-8-19(16)24-22(27)15-23-21(26)14-13-20(25)17-9-11-18(12-10-17)28-4-2/h5-12H,3-4,13-15H2,1-2H3,(H,23,26)(H,24,27). The van der Waals surface area contributed by atoms with E-state index in [4.69, 9.17) is 4.74 Å². The number of nitrogens with one attached hydrogen (secondary N) is 2. The molecule has 0 aliphatic heterocycles.